The number of ether oxygens (including phenoxy) is 1. The predicted octanol–water partition coefficient (Wildman–Crippen LogP) is 3.73. The normalized spacial score (nSPS) is 23.3. The molecule has 2 aromatic heterocycles. The molecule has 0 unspecified atom stereocenters. The first kappa shape index (κ1) is 15.6. The van der Waals surface area contributed by atoms with Crippen molar-refractivity contribution in [3.05, 3.63) is 52.0 Å². The molecule has 2 aliphatic heterocycles. The average Bonchev–Trinajstić information content (AvgIpc) is 3.15. The molecule has 122 valence electrons. The highest BCUT2D eigenvalue weighted by molar-refractivity contribution is 8.01. The van der Waals surface area contributed by atoms with Crippen LogP contribution in [0.15, 0.2) is 35.7 Å². The minimum Gasteiger partial charge on any atom is -0.371 e. The Bertz CT molecular complexity index is 653. The molecule has 4 rings (SSSR count). The fraction of sp³-hybridized carbons (Fsp3) is 0.500. The fourth-order valence-electron chi connectivity index (χ4n) is 3.52. The van der Waals surface area contributed by atoms with Crippen molar-refractivity contribution < 1.29 is 4.74 Å². The Kier molecular flexibility index (Phi) is 4.46. The van der Waals surface area contributed by atoms with Gasteiger partial charge in [-0.1, -0.05) is 12.1 Å². The van der Waals surface area contributed by atoms with Gasteiger partial charge in [-0.3, -0.25) is 9.88 Å². The van der Waals surface area contributed by atoms with Crippen molar-refractivity contribution in [2.45, 2.75) is 37.3 Å². The van der Waals surface area contributed by atoms with E-state index in [0.29, 0.717) is 17.5 Å². The van der Waals surface area contributed by atoms with E-state index in [2.05, 4.69) is 51.3 Å². The number of thiophene rings is 1. The second kappa shape index (κ2) is 6.55. The van der Waals surface area contributed by atoms with Crippen molar-refractivity contribution >= 4 is 23.1 Å². The molecule has 1 spiro atoms. The van der Waals surface area contributed by atoms with Crippen molar-refractivity contribution in [2.24, 2.45) is 0 Å². The van der Waals surface area contributed by atoms with Gasteiger partial charge in [-0.2, -0.15) is 0 Å². The molecule has 5 heteroatoms. The molecule has 0 N–H and O–H groups in total. The summed E-state index contributed by atoms with van der Waals surface area (Å²) in [6, 6.07) is 10.5. The molecule has 0 amide bonds. The zero-order chi connectivity index (χ0) is 15.7. The second-order valence-electron chi connectivity index (χ2n) is 6.63. The lowest BCUT2D eigenvalue weighted by atomic mass is 9.93. The third-order valence-electron chi connectivity index (χ3n) is 4.57. The lowest BCUT2D eigenvalue weighted by molar-refractivity contribution is 0.0253. The van der Waals surface area contributed by atoms with Crippen molar-refractivity contribution in [1.29, 1.82) is 0 Å². The third kappa shape index (κ3) is 3.63. The van der Waals surface area contributed by atoms with Crippen molar-refractivity contribution in [2.75, 3.05) is 18.8 Å². The van der Waals surface area contributed by atoms with Gasteiger partial charge in [-0.15, -0.1) is 23.1 Å². The van der Waals surface area contributed by atoms with Crippen LogP contribution in [0.4, 0.5) is 0 Å². The van der Waals surface area contributed by atoms with E-state index in [4.69, 9.17) is 4.74 Å². The molecule has 0 saturated carbocycles. The zero-order valence-electron chi connectivity index (χ0n) is 13.4. The van der Waals surface area contributed by atoms with Crippen LogP contribution in [0.3, 0.4) is 0 Å². The Morgan fingerprint density at radius 2 is 2.22 bits per heavy atom. The van der Waals surface area contributed by atoms with Crippen LogP contribution in [0.5, 0.6) is 0 Å². The molecule has 0 bridgehead atoms. The predicted molar refractivity (Wildman–Crippen MR) is 97.0 cm³/mol. The van der Waals surface area contributed by atoms with Crippen LogP contribution >= 0.6 is 23.1 Å². The van der Waals surface area contributed by atoms with E-state index in [-0.39, 0.29) is 0 Å². The summed E-state index contributed by atoms with van der Waals surface area (Å²) in [7, 11) is 0. The number of hydrogen-bond acceptors (Lipinski definition) is 5. The van der Waals surface area contributed by atoms with Crippen molar-refractivity contribution in [3.63, 3.8) is 0 Å². The number of aryl methyl sites for hydroxylation is 1. The third-order valence-corrected chi connectivity index (χ3v) is 7.01. The Balaban J connectivity index is 1.24. The molecule has 2 saturated heterocycles. The van der Waals surface area contributed by atoms with E-state index in [0.717, 1.165) is 23.7 Å². The lowest BCUT2D eigenvalue weighted by Gasteiger charge is -2.47. The van der Waals surface area contributed by atoms with Gasteiger partial charge < -0.3 is 4.74 Å². The first-order valence-corrected chi connectivity index (χ1v) is 10.0. The van der Waals surface area contributed by atoms with E-state index in [9.17, 15) is 0 Å². The van der Waals surface area contributed by atoms with E-state index in [1.54, 1.807) is 0 Å². The molecule has 0 aliphatic carbocycles. The maximum atomic E-state index is 6.12. The second-order valence-corrected chi connectivity index (χ2v) is 9.15. The molecule has 1 atom stereocenters. The number of pyridine rings is 1. The zero-order valence-corrected chi connectivity index (χ0v) is 15.0. The lowest BCUT2D eigenvalue weighted by Crippen LogP contribution is -2.58. The first-order chi connectivity index (χ1) is 11.2. The number of nitrogens with zero attached hydrogens (tertiary/aromatic N) is 2. The molecule has 2 aliphatic rings. The van der Waals surface area contributed by atoms with Crippen LogP contribution in [-0.4, -0.2) is 39.6 Å². The summed E-state index contributed by atoms with van der Waals surface area (Å²) in [5, 5.41) is 2.17. The molecule has 4 heterocycles. The average molecular weight is 347 g/mol. The first-order valence-electron chi connectivity index (χ1n) is 8.14. The fourth-order valence-corrected chi connectivity index (χ4v) is 5.87. The summed E-state index contributed by atoms with van der Waals surface area (Å²) in [6.07, 6.45) is 1.57. The summed E-state index contributed by atoms with van der Waals surface area (Å²) < 4.78 is 6.56. The Labute approximate surface area is 146 Å². The summed E-state index contributed by atoms with van der Waals surface area (Å²) in [5.41, 5.74) is 2.11. The topological polar surface area (TPSA) is 25.4 Å². The molecule has 23 heavy (non-hydrogen) atoms. The van der Waals surface area contributed by atoms with Crippen molar-refractivity contribution in [3.8, 4) is 0 Å². The van der Waals surface area contributed by atoms with Gasteiger partial charge in [0.1, 0.15) is 0 Å². The van der Waals surface area contributed by atoms with E-state index in [1.807, 2.05) is 24.3 Å². The van der Waals surface area contributed by atoms with E-state index >= 15 is 0 Å². The molecule has 2 aromatic rings. The van der Waals surface area contributed by atoms with Gasteiger partial charge in [-0.25, -0.2) is 0 Å². The number of rotatable bonds is 5. The highest BCUT2D eigenvalue weighted by Gasteiger charge is 2.49. The Morgan fingerprint density at radius 1 is 1.30 bits per heavy atom. The quantitative estimate of drug-likeness (QED) is 0.824. The number of likely N-dealkylation sites (tertiary alicyclic amines) is 1. The van der Waals surface area contributed by atoms with Gasteiger partial charge in [0.2, 0.25) is 0 Å². The van der Waals surface area contributed by atoms with Crippen LogP contribution in [-0.2, 0) is 17.9 Å². The van der Waals surface area contributed by atoms with E-state index < -0.39 is 0 Å². The van der Waals surface area contributed by atoms with E-state index in [1.165, 1.54) is 24.4 Å². The smallest absolute Gasteiger partial charge is 0.0892 e. The summed E-state index contributed by atoms with van der Waals surface area (Å²) in [5.74, 6) is 1.12. The molecular formula is C18H22N2OS2. The molecule has 0 radical (unpaired) electrons. The molecular weight excluding hydrogens is 324 g/mol. The maximum Gasteiger partial charge on any atom is 0.0892 e. The summed E-state index contributed by atoms with van der Waals surface area (Å²) in [6.45, 7) is 6.19. The standard InChI is InChI=1S/C18H22N2OS2/c1-14-4-2-5-15(19-14)10-21-16-8-18(23-11-16)12-20(13-18)9-17-6-3-7-22-17/h2-7,16H,8-13H2,1H3/t16-/m1/s1. The largest absolute Gasteiger partial charge is 0.371 e. The minimum absolute atomic E-state index is 0.381. The van der Waals surface area contributed by atoms with Crippen LogP contribution in [0.2, 0.25) is 0 Å². The molecule has 3 nitrogen and oxygen atoms in total. The van der Waals surface area contributed by atoms with Gasteiger partial charge in [0.05, 0.1) is 18.4 Å². The van der Waals surface area contributed by atoms with Crippen LogP contribution in [0, 0.1) is 6.92 Å². The molecule has 0 aromatic carbocycles. The van der Waals surface area contributed by atoms with Gasteiger partial charge in [0, 0.05) is 40.7 Å². The SMILES string of the molecule is Cc1cccc(CO[C@H]2CSC3(C2)CN(Cc2cccs2)C3)n1. The van der Waals surface area contributed by atoms with Gasteiger partial charge in [0.15, 0.2) is 0 Å². The summed E-state index contributed by atoms with van der Waals surface area (Å²) >= 11 is 3.97. The highest BCUT2D eigenvalue weighted by atomic mass is 32.2. The van der Waals surface area contributed by atoms with Gasteiger partial charge in [-0.05, 0) is 36.9 Å². The van der Waals surface area contributed by atoms with Crippen LogP contribution < -0.4 is 0 Å². The number of hydrogen-bond donors (Lipinski definition) is 0. The monoisotopic (exact) mass is 346 g/mol. The maximum absolute atomic E-state index is 6.12. The molecule has 2 fully saturated rings. The highest BCUT2D eigenvalue weighted by Crippen LogP contribution is 2.46. The van der Waals surface area contributed by atoms with Gasteiger partial charge in [0.25, 0.3) is 0 Å². The van der Waals surface area contributed by atoms with Crippen LogP contribution in [0.1, 0.15) is 22.7 Å². The van der Waals surface area contributed by atoms with Gasteiger partial charge >= 0.3 is 0 Å². The van der Waals surface area contributed by atoms with Crippen molar-refractivity contribution in [1.82, 2.24) is 9.88 Å². The van der Waals surface area contributed by atoms with Crippen LogP contribution in [0.25, 0.3) is 0 Å². The minimum atomic E-state index is 0.381. The Morgan fingerprint density at radius 3 is 3.00 bits per heavy atom. The number of thioether (sulfide) groups is 1. The number of aromatic nitrogens is 1. The summed E-state index contributed by atoms with van der Waals surface area (Å²) in [4.78, 5) is 8.55. The Hall–Kier alpha value is -0.880.